The van der Waals surface area contributed by atoms with E-state index in [1.807, 2.05) is 31.2 Å². The molecule has 0 aromatic heterocycles. The summed E-state index contributed by atoms with van der Waals surface area (Å²) in [6.45, 7) is 7.92. The van der Waals surface area contributed by atoms with Crippen LogP contribution < -0.4 is 5.32 Å². The molecule has 0 aliphatic rings. The van der Waals surface area contributed by atoms with Gasteiger partial charge in [-0.2, -0.15) is 0 Å². The molecule has 112 valence electrons. The number of nitrogens with one attached hydrogen (secondary N) is 1. The van der Waals surface area contributed by atoms with Gasteiger partial charge >= 0.3 is 0 Å². The van der Waals surface area contributed by atoms with Gasteiger partial charge in [0.25, 0.3) is 5.91 Å². The molecule has 1 amide bonds. The van der Waals surface area contributed by atoms with Crippen molar-refractivity contribution < 1.29 is 9.22 Å². The number of alkyl halides is 1. The second-order valence-electron chi connectivity index (χ2n) is 5.38. The summed E-state index contributed by atoms with van der Waals surface area (Å²) in [7, 11) is -1.53. The van der Waals surface area contributed by atoms with Gasteiger partial charge in [-0.05, 0) is 50.2 Å². The minimum absolute atomic E-state index is 0.0259. The quantitative estimate of drug-likeness (QED) is 0.450. The maximum atomic E-state index is 11.9. The van der Waals surface area contributed by atoms with Crippen LogP contribution in [0.15, 0.2) is 24.3 Å². The predicted molar refractivity (Wildman–Crippen MR) is 86.9 cm³/mol. The summed E-state index contributed by atoms with van der Waals surface area (Å²) in [6.07, 6.45) is 0.963. The average Bonchev–Trinajstić information content (AvgIpc) is 2.43. The van der Waals surface area contributed by atoms with Crippen LogP contribution in [-0.4, -0.2) is 27.4 Å². The van der Waals surface area contributed by atoms with Crippen molar-refractivity contribution in [3.8, 4) is 0 Å². The Morgan fingerprint density at radius 2 is 1.95 bits per heavy atom. The summed E-state index contributed by atoms with van der Waals surface area (Å²) < 4.78 is 5.76. The standard InChI is InChI=1S/C15H24ClNO2Si/c1-4-19-20(2,3)11-5-10-17-15(18)14-8-6-13(12-16)7-9-14/h6-9H,4-5,10-12H2,1-3H3,(H,17,18). The molecule has 0 saturated heterocycles. The predicted octanol–water partition coefficient (Wildman–Crippen LogP) is 3.79. The van der Waals surface area contributed by atoms with Gasteiger partial charge in [0.2, 0.25) is 0 Å². The summed E-state index contributed by atoms with van der Waals surface area (Å²) >= 11 is 5.72. The second kappa shape index (κ2) is 8.45. The summed E-state index contributed by atoms with van der Waals surface area (Å²) in [5.74, 6) is 0.445. The Kier molecular flexibility index (Phi) is 7.27. The van der Waals surface area contributed by atoms with Gasteiger partial charge in [0, 0.05) is 24.6 Å². The fourth-order valence-corrected chi connectivity index (χ4v) is 4.16. The number of carbonyl (C=O) groups excluding carboxylic acids is 1. The highest BCUT2D eigenvalue weighted by Crippen LogP contribution is 2.13. The topological polar surface area (TPSA) is 38.3 Å². The van der Waals surface area contributed by atoms with Crippen LogP contribution in [0.1, 0.15) is 29.3 Å². The van der Waals surface area contributed by atoms with Crippen LogP contribution >= 0.6 is 11.6 Å². The molecule has 5 heteroatoms. The van der Waals surface area contributed by atoms with Crippen LogP contribution in [0.3, 0.4) is 0 Å². The van der Waals surface area contributed by atoms with Gasteiger partial charge in [-0.15, -0.1) is 11.6 Å². The van der Waals surface area contributed by atoms with E-state index in [2.05, 4.69) is 18.4 Å². The lowest BCUT2D eigenvalue weighted by molar-refractivity contribution is 0.0953. The first kappa shape index (κ1) is 17.2. The van der Waals surface area contributed by atoms with E-state index in [0.29, 0.717) is 18.0 Å². The lowest BCUT2D eigenvalue weighted by Crippen LogP contribution is -2.32. The number of hydrogen-bond donors (Lipinski definition) is 1. The lowest BCUT2D eigenvalue weighted by Gasteiger charge is -2.21. The van der Waals surface area contributed by atoms with E-state index in [4.69, 9.17) is 16.0 Å². The SMILES string of the molecule is CCO[Si](C)(C)CCCNC(=O)c1ccc(CCl)cc1. The maximum Gasteiger partial charge on any atom is 0.251 e. The van der Waals surface area contributed by atoms with Crippen molar-refractivity contribution >= 4 is 25.8 Å². The Balaban J connectivity index is 2.32. The Morgan fingerprint density at radius 1 is 1.30 bits per heavy atom. The van der Waals surface area contributed by atoms with Crippen LogP contribution in [0.25, 0.3) is 0 Å². The van der Waals surface area contributed by atoms with Crippen LogP contribution in [-0.2, 0) is 10.3 Å². The van der Waals surface area contributed by atoms with Crippen LogP contribution in [0.4, 0.5) is 0 Å². The number of halogens is 1. The van der Waals surface area contributed by atoms with E-state index in [1.54, 1.807) is 0 Å². The summed E-state index contributed by atoms with van der Waals surface area (Å²) in [5, 5.41) is 2.95. The molecule has 0 bridgehead atoms. The van der Waals surface area contributed by atoms with Gasteiger partial charge in [0.1, 0.15) is 0 Å². The number of amides is 1. The molecule has 0 saturated carbocycles. The zero-order valence-electron chi connectivity index (χ0n) is 12.5. The fraction of sp³-hybridized carbons (Fsp3) is 0.533. The first-order valence-electron chi connectivity index (χ1n) is 7.05. The molecule has 1 aromatic carbocycles. The van der Waals surface area contributed by atoms with Crippen molar-refractivity contribution in [1.82, 2.24) is 5.32 Å². The number of rotatable bonds is 8. The maximum absolute atomic E-state index is 11.9. The third kappa shape index (κ3) is 6.07. The summed E-state index contributed by atoms with van der Waals surface area (Å²) in [5.41, 5.74) is 1.70. The van der Waals surface area contributed by atoms with Gasteiger partial charge in [-0.3, -0.25) is 4.79 Å². The normalized spacial score (nSPS) is 11.4. The third-order valence-corrected chi connectivity index (χ3v) is 6.08. The van der Waals surface area contributed by atoms with E-state index in [-0.39, 0.29) is 5.91 Å². The first-order chi connectivity index (χ1) is 9.48. The Hall–Kier alpha value is -0.843. The van der Waals surface area contributed by atoms with E-state index in [9.17, 15) is 4.79 Å². The van der Waals surface area contributed by atoms with Crippen molar-refractivity contribution in [3.63, 3.8) is 0 Å². The molecular weight excluding hydrogens is 290 g/mol. The molecule has 1 rings (SSSR count). The zero-order chi connectivity index (χ0) is 15.0. The highest BCUT2D eigenvalue weighted by molar-refractivity contribution is 6.71. The number of benzene rings is 1. The molecule has 0 fully saturated rings. The fourth-order valence-electron chi connectivity index (χ4n) is 2.03. The minimum Gasteiger partial charge on any atom is -0.418 e. The Bertz CT molecular complexity index is 420. The molecule has 0 aliphatic heterocycles. The molecular formula is C15H24ClNO2Si. The van der Waals surface area contributed by atoms with Gasteiger partial charge in [-0.1, -0.05) is 12.1 Å². The minimum atomic E-state index is -1.53. The highest BCUT2D eigenvalue weighted by atomic mass is 35.5. The van der Waals surface area contributed by atoms with E-state index in [1.165, 1.54) is 0 Å². The van der Waals surface area contributed by atoms with Crippen molar-refractivity contribution in [1.29, 1.82) is 0 Å². The van der Waals surface area contributed by atoms with Crippen LogP contribution in [0.2, 0.25) is 19.1 Å². The van der Waals surface area contributed by atoms with Crippen molar-refractivity contribution in [2.75, 3.05) is 13.2 Å². The molecule has 1 aromatic rings. The van der Waals surface area contributed by atoms with Crippen LogP contribution in [0.5, 0.6) is 0 Å². The highest BCUT2D eigenvalue weighted by Gasteiger charge is 2.20. The summed E-state index contributed by atoms with van der Waals surface area (Å²) in [4.78, 5) is 11.9. The number of carbonyl (C=O) groups is 1. The first-order valence-corrected chi connectivity index (χ1v) is 10.7. The van der Waals surface area contributed by atoms with Gasteiger partial charge in [0.15, 0.2) is 8.32 Å². The van der Waals surface area contributed by atoms with E-state index in [0.717, 1.165) is 24.6 Å². The van der Waals surface area contributed by atoms with Crippen molar-refractivity contribution in [3.05, 3.63) is 35.4 Å². The molecule has 0 radical (unpaired) electrons. The molecule has 0 aliphatic carbocycles. The van der Waals surface area contributed by atoms with E-state index < -0.39 is 8.32 Å². The smallest absolute Gasteiger partial charge is 0.251 e. The third-order valence-electron chi connectivity index (χ3n) is 3.15. The van der Waals surface area contributed by atoms with Crippen molar-refractivity contribution in [2.24, 2.45) is 0 Å². The number of hydrogen-bond acceptors (Lipinski definition) is 2. The zero-order valence-corrected chi connectivity index (χ0v) is 14.3. The van der Waals surface area contributed by atoms with Gasteiger partial charge in [0.05, 0.1) is 0 Å². The lowest BCUT2D eigenvalue weighted by atomic mass is 10.1. The largest absolute Gasteiger partial charge is 0.418 e. The average molecular weight is 314 g/mol. The summed E-state index contributed by atoms with van der Waals surface area (Å²) in [6, 6.07) is 8.45. The molecule has 0 unspecified atom stereocenters. The Labute approximate surface area is 127 Å². The monoisotopic (exact) mass is 313 g/mol. The Morgan fingerprint density at radius 3 is 2.50 bits per heavy atom. The van der Waals surface area contributed by atoms with Gasteiger partial charge < -0.3 is 9.74 Å². The van der Waals surface area contributed by atoms with Crippen molar-refractivity contribution in [2.45, 2.75) is 38.4 Å². The molecule has 1 N–H and O–H groups in total. The molecule has 0 spiro atoms. The van der Waals surface area contributed by atoms with E-state index >= 15 is 0 Å². The molecule has 20 heavy (non-hydrogen) atoms. The molecule has 3 nitrogen and oxygen atoms in total. The van der Waals surface area contributed by atoms with Gasteiger partial charge in [-0.25, -0.2) is 0 Å². The second-order valence-corrected chi connectivity index (χ2v) is 9.96. The van der Waals surface area contributed by atoms with Crippen LogP contribution in [0, 0.1) is 0 Å². The molecule has 0 heterocycles. The molecule has 0 atom stereocenters.